The fourth-order valence-electron chi connectivity index (χ4n) is 0. The molecule has 1 radical (unpaired) electrons. The fraction of sp³-hybridized carbons (Fsp3) is 0. The van der Waals surface area contributed by atoms with Crippen molar-refractivity contribution in [1.29, 1.82) is 0 Å². The average Bonchev–Trinajstić information content (AvgIpc) is 0. The molecule has 0 aliphatic carbocycles. The molecule has 0 bridgehead atoms. The first kappa shape index (κ1) is 43.6. The molecular formula is LiMnOZn+3. The summed E-state index contributed by atoms with van der Waals surface area (Å²) in [4.78, 5) is 0. The third-order valence-corrected chi connectivity index (χ3v) is 0. The van der Waals surface area contributed by atoms with Crippen molar-refractivity contribution in [3.05, 3.63) is 0 Å². The Hall–Kier alpha value is 1.70. The van der Waals surface area contributed by atoms with Gasteiger partial charge in [0.25, 0.3) is 0 Å². The molecule has 0 aliphatic heterocycles. The van der Waals surface area contributed by atoms with E-state index in [0.29, 0.717) is 0 Å². The van der Waals surface area contributed by atoms with Crippen LogP contribution in [0.25, 0.3) is 0 Å². The quantitative estimate of drug-likeness (QED) is 0.321. The summed E-state index contributed by atoms with van der Waals surface area (Å²) < 4.78 is 0. The fourth-order valence-corrected chi connectivity index (χ4v) is 0. The van der Waals surface area contributed by atoms with Gasteiger partial charge < -0.3 is 5.48 Å². The Morgan fingerprint density at radius 3 is 1.00 bits per heavy atom. The summed E-state index contributed by atoms with van der Waals surface area (Å²) in [5.74, 6) is 0. The van der Waals surface area contributed by atoms with Crippen LogP contribution in [0.1, 0.15) is 0 Å². The Bertz CT molecular complexity index is 8.00. The summed E-state index contributed by atoms with van der Waals surface area (Å²) in [6, 6.07) is 0. The summed E-state index contributed by atoms with van der Waals surface area (Å²) in [5, 5.41) is 0. The van der Waals surface area contributed by atoms with Crippen molar-refractivity contribution in [2.24, 2.45) is 0 Å². The Morgan fingerprint density at radius 2 is 1.00 bits per heavy atom. The molecular weight excluding hydrogens is 143 g/mol. The number of hydrogen-bond donors (Lipinski definition) is 0. The molecule has 0 aliphatic rings. The summed E-state index contributed by atoms with van der Waals surface area (Å²) in [6.07, 6.45) is 0. The molecule has 0 aromatic heterocycles. The molecule has 0 amide bonds. The minimum atomic E-state index is 0. The Morgan fingerprint density at radius 1 is 1.00 bits per heavy atom. The molecule has 0 aromatic rings. The van der Waals surface area contributed by atoms with Crippen molar-refractivity contribution in [3.63, 3.8) is 0 Å². The van der Waals surface area contributed by atoms with Crippen LogP contribution < -0.4 is 18.9 Å². The van der Waals surface area contributed by atoms with Crippen molar-refractivity contribution in [2.75, 3.05) is 0 Å². The topological polar surface area (TPSA) is 28.5 Å². The molecule has 0 unspecified atom stereocenters. The SMILES string of the molecule is [Li+].[Mn+2].[O-2].[Zn+2]. The third kappa shape index (κ3) is 9.33. The zero-order valence-corrected chi connectivity index (χ0v) is 6.64. The van der Waals surface area contributed by atoms with Crippen molar-refractivity contribution in [1.82, 2.24) is 0 Å². The van der Waals surface area contributed by atoms with Gasteiger partial charge >= 0.3 is 55.4 Å². The molecule has 0 saturated carbocycles. The average molecular weight is 143 g/mol. The van der Waals surface area contributed by atoms with Crippen LogP contribution in [0, 0.1) is 0 Å². The standard InChI is InChI=1S/Li.Mn.O.Zn/q+1;+2;-2;+2. The van der Waals surface area contributed by atoms with E-state index >= 15 is 0 Å². The molecule has 4 heavy (non-hydrogen) atoms. The number of rotatable bonds is 0. The van der Waals surface area contributed by atoms with Crippen LogP contribution in [0.15, 0.2) is 0 Å². The molecule has 0 saturated heterocycles. The Balaban J connectivity index is 0. The first-order valence-electron chi connectivity index (χ1n) is 0. The van der Waals surface area contributed by atoms with E-state index in [1.807, 2.05) is 0 Å². The maximum Gasteiger partial charge on any atom is 2.00 e. The maximum atomic E-state index is 0. The predicted molar refractivity (Wildman–Crippen MR) is 0.686 cm³/mol. The van der Waals surface area contributed by atoms with Gasteiger partial charge in [0.15, 0.2) is 0 Å². The van der Waals surface area contributed by atoms with Crippen LogP contribution in [-0.2, 0) is 42.0 Å². The summed E-state index contributed by atoms with van der Waals surface area (Å²) in [5.41, 5.74) is 0. The van der Waals surface area contributed by atoms with E-state index in [0.717, 1.165) is 0 Å². The molecule has 0 heterocycles. The Labute approximate surface area is 60.6 Å². The van der Waals surface area contributed by atoms with Gasteiger partial charge in [0.1, 0.15) is 0 Å². The summed E-state index contributed by atoms with van der Waals surface area (Å²) in [7, 11) is 0. The van der Waals surface area contributed by atoms with Crippen molar-refractivity contribution in [3.8, 4) is 0 Å². The monoisotopic (exact) mass is 142 g/mol. The van der Waals surface area contributed by atoms with Gasteiger partial charge in [-0.05, 0) is 0 Å². The van der Waals surface area contributed by atoms with Crippen molar-refractivity contribution < 1.29 is 60.9 Å². The molecule has 0 spiro atoms. The van der Waals surface area contributed by atoms with E-state index in [1.165, 1.54) is 0 Å². The minimum Gasteiger partial charge on any atom is -2.00 e. The van der Waals surface area contributed by atoms with Crippen LogP contribution in [0.5, 0.6) is 0 Å². The zero-order valence-electron chi connectivity index (χ0n) is 2.49. The van der Waals surface area contributed by atoms with Gasteiger partial charge in [-0.3, -0.25) is 0 Å². The molecule has 0 atom stereocenters. The second kappa shape index (κ2) is 22.3. The first-order valence-corrected chi connectivity index (χ1v) is 0. The van der Waals surface area contributed by atoms with Gasteiger partial charge in [-0.1, -0.05) is 0 Å². The van der Waals surface area contributed by atoms with Gasteiger partial charge in [0, 0.05) is 0 Å². The van der Waals surface area contributed by atoms with E-state index < -0.39 is 0 Å². The minimum absolute atomic E-state index is 0. The van der Waals surface area contributed by atoms with Crippen LogP contribution in [0.4, 0.5) is 0 Å². The molecule has 0 fully saturated rings. The number of hydrogen-bond acceptors (Lipinski definition) is 0. The van der Waals surface area contributed by atoms with Crippen LogP contribution in [0.3, 0.4) is 0 Å². The van der Waals surface area contributed by atoms with Crippen LogP contribution in [0.2, 0.25) is 0 Å². The van der Waals surface area contributed by atoms with Crippen LogP contribution in [-0.4, -0.2) is 0 Å². The van der Waals surface area contributed by atoms with Gasteiger partial charge in [-0.15, -0.1) is 0 Å². The summed E-state index contributed by atoms with van der Waals surface area (Å²) >= 11 is 0. The van der Waals surface area contributed by atoms with Gasteiger partial charge in [-0.25, -0.2) is 0 Å². The molecule has 4 heteroatoms. The molecule has 0 N–H and O–H groups in total. The zero-order chi connectivity index (χ0) is 0. The maximum absolute atomic E-state index is 0. The van der Waals surface area contributed by atoms with E-state index in [4.69, 9.17) is 0 Å². The van der Waals surface area contributed by atoms with Gasteiger partial charge in [0.2, 0.25) is 0 Å². The van der Waals surface area contributed by atoms with Crippen molar-refractivity contribution >= 4 is 0 Å². The van der Waals surface area contributed by atoms with Gasteiger partial charge in [-0.2, -0.15) is 0 Å². The van der Waals surface area contributed by atoms with Crippen molar-refractivity contribution in [2.45, 2.75) is 0 Å². The van der Waals surface area contributed by atoms with E-state index in [9.17, 15) is 0 Å². The first-order chi connectivity index (χ1) is 0. The smallest absolute Gasteiger partial charge is 2.00 e. The van der Waals surface area contributed by atoms with E-state index in [2.05, 4.69) is 0 Å². The third-order valence-electron chi connectivity index (χ3n) is 0. The molecule has 1 nitrogen and oxygen atoms in total. The molecule has 0 rings (SSSR count). The van der Waals surface area contributed by atoms with E-state index in [1.54, 1.807) is 0 Å². The second-order valence-electron chi connectivity index (χ2n) is 0. The normalized spacial score (nSPS) is 0. The van der Waals surface area contributed by atoms with E-state index in [-0.39, 0.29) is 60.9 Å². The van der Waals surface area contributed by atoms with Gasteiger partial charge in [0.05, 0.1) is 0 Å². The summed E-state index contributed by atoms with van der Waals surface area (Å²) in [6.45, 7) is 0. The molecule has 0 aromatic carbocycles. The second-order valence-corrected chi connectivity index (χ2v) is 0. The molecule has 13 valence electrons. The largest absolute Gasteiger partial charge is 2.00 e. The Kier molecular flexibility index (Phi) is 242. The van der Waals surface area contributed by atoms with Crippen LogP contribution >= 0.6 is 0 Å². The predicted octanol–water partition coefficient (Wildman–Crippen LogP) is -3.12.